The van der Waals surface area contributed by atoms with Crippen LogP contribution < -0.4 is 16.2 Å². The normalized spacial score (nSPS) is 10.3. The number of nitrogens with two attached hydrogens (primary N) is 2. The summed E-state index contributed by atoms with van der Waals surface area (Å²) in [4.78, 5) is 22.9. The Morgan fingerprint density at radius 3 is 2.41 bits per heavy atom. The zero-order chi connectivity index (χ0) is 16.1. The smallest absolute Gasteiger partial charge is 0.344 e. The van der Waals surface area contributed by atoms with E-state index < -0.39 is 5.97 Å². The molecule has 8 heteroatoms. The number of aromatic nitrogens is 3. The number of ether oxygens (including phenoxy) is 2. The minimum Gasteiger partial charge on any atom is -0.482 e. The Labute approximate surface area is 127 Å². The van der Waals surface area contributed by atoms with E-state index in [9.17, 15) is 4.79 Å². The minimum absolute atomic E-state index is 0.0232. The molecule has 0 unspecified atom stereocenters. The Hall–Kier alpha value is -2.90. The Morgan fingerprint density at radius 1 is 1.09 bits per heavy atom. The van der Waals surface area contributed by atoms with Gasteiger partial charge in [0.25, 0.3) is 0 Å². The number of aryl methyl sites for hydroxylation is 2. The van der Waals surface area contributed by atoms with Crippen molar-refractivity contribution in [1.82, 2.24) is 15.0 Å². The second-order valence-corrected chi connectivity index (χ2v) is 4.66. The molecule has 1 aromatic carbocycles. The van der Waals surface area contributed by atoms with Crippen molar-refractivity contribution in [2.75, 3.05) is 18.1 Å². The highest BCUT2D eigenvalue weighted by atomic mass is 16.6. The van der Waals surface area contributed by atoms with E-state index in [-0.39, 0.29) is 30.9 Å². The van der Waals surface area contributed by atoms with Crippen molar-refractivity contribution in [1.29, 1.82) is 0 Å². The molecule has 0 bridgehead atoms. The van der Waals surface area contributed by atoms with Gasteiger partial charge in [-0.3, -0.25) is 0 Å². The topological polar surface area (TPSA) is 126 Å². The predicted octanol–water partition coefficient (Wildman–Crippen LogP) is 0.775. The fraction of sp³-hybridized carbons (Fsp3) is 0.286. The molecule has 1 heterocycles. The van der Waals surface area contributed by atoms with Crippen LogP contribution in [-0.4, -0.2) is 27.5 Å². The number of hydrogen-bond donors (Lipinski definition) is 2. The summed E-state index contributed by atoms with van der Waals surface area (Å²) in [6, 6.07) is 5.57. The number of nitrogen functional groups attached to an aromatic ring is 2. The molecule has 22 heavy (non-hydrogen) atoms. The monoisotopic (exact) mass is 303 g/mol. The van der Waals surface area contributed by atoms with Gasteiger partial charge in [-0.05, 0) is 37.1 Å². The van der Waals surface area contributed by atoms with Gasteiger partial charge in [0.15, 0.2) is 19.0 Å². The van der Waals surface area contributed by atoms with Gasteiger partial charge in [0.2, 0.25) is 11.9 Å². The minimum atomic E-state index is -0.546. The molecule has 0 saturated heterocycles. The first-order chi connectivity index (χ1) is 10.4. The molecule has 0 aliphatic heterocycles. The molecule has 0 spiro atoms. The number of benzene rings is 1. The number of rotatable bonds is 5. The van der Waals surface area contributed by atoms with Crippen molar-refractivity contribution in [2.45, 2.75) is 20.5 Å². The van der Waals surface area contributed by atoms with Crippen LogP contribution in [0.3, 0.4) is 0 Å². The highest BCUT2D eigenvalue weighted by molar-refractivity contribution is 5.71. The highest BCUT2D eigenvalue weighted by Gasteiger charge is 2.08. The SMILES string of the molecule is Cc1ccc(OCC(=O)OCc2nc(N)nc(N)n2)cc1C. The van der Waals surface area contributed by atoms with Gasteiger partial charge in [-0.1, -0.05) is 6.07 Å². The van der Waals surface area contributed by atoms with E-state index in [0.29, 0.717) is 5.75 Å². The first kappa shape index (κ1) is 15.5. The summed E-state index contributed by atoms with van der Waals surface area (Å²) >= 11 is 0. The Morgan fingerprint density at radius 2 is 1.77 bits per heavy atom. The third-order valence-electron chi connectivity index (χ3n) is 2.91. The van der Waals surface area contributed by atoms with Crippen LogP contribution in [0.1, 0.15) is 17.0 Å². The molecule has 0 fully saturated rings. The van der Waals surface area contributed by atoms with Crippen molar-refractivity contribution in [2.24, 2.45) is 0 Å². The summed E-state index contributed by atoms with van der Waals surface area (Å²) in [5.74, 6) is 0.198. The largest absolute Gasteiger partial charge is 0.482 e. The quantitative estimate of drug-likeness (QED) is 0.776. The number of carbonyl (C=O) groups is 1. The Balaban J connectivity index is 1.84. The second kappa shape index (κ2) is 6.70. The summed E-state index contributed by atoms with van der Waals surface area (Å²) in [5.41, 5.74) is 13.1. The standard InChI is InChI=1S/C14H17N5O3/c1-8-3-4-10(5-9(8)2)21-7-12(20)22-6-11-17-13(15)19-14(16)18-11/h3-5H,6-7H2,1-2H3,(H4,15,16,17,18,19). The van der Waals surface area contributed by atoms with Gasteiger partial charge in [0.05, 0.1) is 0 Å². The molecule has 2 aromatic rings. The Kier molecular flexibility index (Phi) is 4.72. The molecule has 2 rings (SSSR count). The lowest BCUT2D eigenvalue weighted by atomic mass is 10.1. The van der Waals surface area contributed by atoms with Crippen LogP contribution >= 0.6 is 0 Å². The maximum atomic E-state index is 11.6. The number of anilines is 2. The van der Waals surface area contributed by atoms with E-state index in [2.05, 4.69) is 15.0 Å². The first-order valence-corrected chi connectivity index (χ1v) is 6.55. The van der Waals surface area contributed by atoms with E-state index >= 15 is 0 Å². The molecule has 116 valence electrons. The van der Waals surface area contributed by atoms with Gasteiger partial charge < -0.3 is 20.9 Å². The average molecular weight is 303 g/mol. The van der Waals surface area contributed by atoms with Gasteiger partial charge in [-0.25, -0.2) is 4.79 Å². The van der Waals surface area contributed by atoms with E-state index in [4.69, 9.17) is 20.9 Å². The summed E-state index contributed by atoms with van der Waals surface area (Å²) in [7, 11) is 0. The zero-order valence-electron chi connectivity index (χ0n) is 12.4. The lowest BCUT2D eigenvalue weighted by Gasteiger charge is -2.08. The first-order valence-electron chi connectivity index (χ1n) is 6.55. The highest BCUT2D eigenvalue weighted by Crippen LogP contribution is 2.16. The van der Waals surface area contributed by atoms with Crippen LogP contribution in [0.25, 0.3) is 0 Å². The van der Waals surface area contributed by atoms with Gasteiger partial charge in [0, 0.05) is 0 Å². The summed E-state index contributed by atoms with van der Waals surface area (Å²) in [5, 5.41) is 0. The van der Waals surface area contributed by atoms with E-state index in [0.717, 1.165) is 11.1 Å². The van der Waals surface area contributed by atoms with Crippen LogP contribution in [0.2, 0.25) is 0 Å². The average Bonchev–Trinajstić information content (AvgIpc) is 2.45. The molecule has 8 nitrogen and oxygen atoms in total. The summed E-state index contributed by atoms with van der Waals surface area (Å²) < 4.78 is 10.3. The van der Waals surface area contributed by atoms with E-state index in [1.165, 1.54) is 0 Å². The third-order valence-corrected chi connectivity index (χ3v) is 2.91. The lowest BCUT2D eigenvalue weighted by molar-refractivity contribution is -0.147. The number of hydrogen-bond acceptors (Lipinski definition) is 8. The van der Waals surface area contributed by atoms with Gasteiger partial charge >= 0.3 is 5.97 Å². The van der Waals surface area contributed by atoms with Crippen molar-refractivity contribution in [3.63, 3.8) is 0 Å². The molecular formula is C14H17N5O3. The zero-order valence-corrected chi connectivity index (χ0v) is 12.4. The molecule has 4 N–H and O–H groups in total. The van der Waals surface area contributed by atoms with Crippen molar-refractivity contribution >= 4 is 17.9 Å². The van der Waals surface area contributed by atoms with Crippen molar-refractivity contribution in [3.05, 3.63) is 35.2 Å². The van der Waals surface area contributed by atoms with Crippen LogP contribution in [0.4, 0.5) is 11.9 Å². The second-order valence-electron chi connectivity index (χ2n) is 4.66. The van der Waals surface area contributed by atoms with E-state index in [1.807, 2.05) is 26.0 Å². The molecule has 0 aliphatic rings. The van der Waals surface area contributed by atoms with Gasteiger partial charge in [-0.15, -0.1) is 0 Å². The molecule has 0 radical (unpaired) electrons. The van der Waals surface area contributed by atoms with Crippen molar-refractivity contribution in [3.8, 4) is 5.75 Å². The number of carbonyl (C=O) groups excluding carboxylic acids is 1. The van der Waals surface area contributed by atoms with Crippen LogP contribution in [-0.2, 0) is 16.1 Å². The van der Waals surface area contributed by atoms with E-state index in [1.54, 1.807) is 6.07 Å². The maximum Gasteiger partial charge on any atom is 0.344 e. The summed E-state index contributed by atoms with van der Waals surface area (Å²) in [6.45, 7) is 3.61. The molecule has 0 amide bonds. The molecule has 1 aromatic heterocycles. The fourth-order valence-corrected chi connectivity index (χ4v) is 1.65. The number of esters is 1. The van der Waals surface area contributed by atoms with Crippen LogP contribution in [0.5, 0.6) is 5.75 Å². The van der Waals surface area contributed by atoms with Gasteiger partial charge in [0.1, 0.15) is 5.75 Å². The fourth-order valence-electron chi connectivity index (χ4n) is 1.65. The third kappa shape index (κ3) is 4.30. The van der Waals surface area contributed by atoms with Crippen LogP contribution in [0.15, 0.2) is 18.2 Å². The van der Waals surface area contributed by atoms with Crippen molar-refractivity contribution < 1.29 is 14.3 Å². The molecule has 0 saturated carbocycles. The lowest BCUT2D eigenvalue weighted by Crippen LogP contribution is -2.16. The predicted molar refractivity (Wildman–Crippen MR) is 79.9 cm³/mol. The molecular weight excluding hydrogens is 286 g/mol. The molecule has 0 atom stereocenters. The number of nitrogens with zero attached hydrogens (tertiary/aromatic N) is 3. The van der Waals surface area contributed by atoms with Crippen LogP contribution in [0, 0.1) is 13.8 Å². The Bertz CT molecular complexity index is 670. The van der Waals surface area contributed by atoms with Gasteiger partial charge in [-0.2, -0.15) is 15.0 Å². The molecule has 0 aliphatic carbocycles. The summed E-state index contributed by atoms with van der Waals surface area (Å²) in [6.07, 6.45) is 0. The maximum absolute atomic E-state index is 11.6.